The molecule has 184 valence electrons. The van der Waals surface area contributed by atoms with Gasteiger partial charge < -0.3 is 5.32 Å². The highest BCUT2D eigenvalue weighted by Crippen LogP contribution is 2.26. The molecule has 35 heavy (non-hydrogen) atoms. The second kappa shape index (κ2) is 10.3. The summed E-state index contributed by atoms with van der Waals surface area (Å²) >= 11 is 0. The first-order valence-corrected chi connectivity index (χ1v) is 14.1. The fraction of sp³-hybridized carbons (Fsp3) is 0.240. The van der Waals surface area contributed by atoms with Gasteiger partial charge in [0.25, 0.3) is 0 Å². The maximum absolute atomic E-state index is 13.5. The molecule has 10 heteroatoms. The van der Waals surface area contributed by atoms with Crippen LogP contribution in [-0.2, 0) is 24.8 Å². The number of benzene rings is 3. The highest BCUT2D eigenvalue weighted by atomic mass is 32.2. The highest BCUT2D eigenvalue weighted by molar-refractivity contribution is 7.89. The Balaban J connectivity index is 1.66. The van der Waals surface area contributed by atoms with Crippen LogP contribution in [0.2, 0.25) is 0 Å². The third-order valence-corrected chi connectivity index (χ3v) is 9.79. The number of amides is 1. The van der Waals surface area contributed by atoms with Crippen LogP contribution in [0.4, 0.5) is 0 Å². The normalized spacial score (nSPS) is 18.6. The van der Waals surface area contributed by atoms with E-state index in [0.29, 0.717) is 0 Å². The Bertz CT molecular complexity index is 1370. The Labute approximate surface area is 206 Å². The Kier molecular flexibility index (Phi) is 7.36. The van der Waals surface area contributed by atoms with Gasteiger partial charge in [0, 0.05) is 19.6 Å². The van der Waals surface area contributed by atoms with E-state index in [4.69, 9.17) is 0 Å². The molecule has 0 spiro atoms. The number of nitrogens with zero attached hydrogens (tertiary/aromatic N) is 2. The topological polar surface area (TPSA) is 104 Å². The molecule has 0 radical (unpaired) electrons. The Hall–Kier alpha value is -3.05. The number of nitrogens with one attached hydrogen (secondary N) is 1. The van der Waals surface area contributed by atoms with Crippen LogP contribution >= 0.6 is 0 Å². The zero-order valence-electron chi connectivity index (χ0n) is 19.2. The first-order valence-electron chi connectivity index (χ1n) is 11.2. The van der Waals surface area contributed by atoms with Crippen LogP contribution in [0.3, 0.4) is 0 Å². The van der Waals surface area contributed by atoms with E-state index in [9.17, 15) is 21.6 Å². The largest absolute Gasteiger partial charge is 0.348 e. The predicted octanol–water partition coefficient (Wildman–Crippen LogP) is 2.63. The van der Waals surface area contributed by atoms with Crippen LogP contribution in [0, 0.1) is 0 Å². The number of piperazine rings is 1. The van der Waals surface area contributed by atoms with Gasteiger partial charge in [-0.05, 0) is 36.8 Å². The average molecular weight is 514 g/mol. The molecule has 0 bridgehead atoms. The maximum atomic E-state index is 13.5. The summed E-state index contributed by atoms with van der Waals surface area (Å²) in [5, 5.41) is 2.86. The van der Waals surface area contributed by atoms with Gasteiger partial charge in [0.1, 0.15) is 6.04 Å². The van der Waals surface area contributed by atoms with Gasteiger partial charge in [-0.3, -0.25) is 4.79 Å². The number of hydrogen-bond acceptors (Lipinski definition) is 5. The summed E-state index contributed by atoms with van der Waals surface area (Å²) in [5.74, 6) is -0.561. The summed E-state index contributed by atoms with van der Waals surface area (Å²) in [4.78, 5) is 13.6. The number of hydrogen-bond donors (Lipinski definition) is 1. The molecule has 1 saturated heterocycles. The lowest BCUT2D eigenvalue weighted by Gasteiger charge is -2.39. The first-order chi connectivity index (χ1) is 16.7. The molecule has 1 heterocycles. The van der Waals surface area contributed by atoms with Gasteiger partial charge in [-0.2, -0.15) is 8.61 Å². The predicted molar refractivity (Wildman–Crippen MR) is 132 cm³/mol. The van der Waals surface area contributed by atoms with Gasteiger partial charge in [0.2, 0.25) is 26.0 Å². The molecule has 8 nitrogen and oxygen atoms in total. The average Bonchev–Trinajstić information content (AvgIpc) is 2.89. The van der Waals surface area contributed by atoms with E-state index < -0.39 is 38.0 Å². The SMILES string of the molecule is C[C@@H](NC(=O)[C@@H]1CN(S(=O)(=O)c2ccccc2)CCN1S(=O)(=O)c1ccccc1)c1ccccc1. The molecule has 0 saturated carbocycles. The minimum Gasteiger partial charge on any atom is -0.348 e. The van der Waals surface area contributed by atoms with Gasteiger partial charge in [-0.25, -0.2) is 16.8 Å². The molecule has 0 aliphatic carbocycles. The van der Waals surface area contributed by atoms with Crippen molar-refractivity contribution >= 4 is 26.0 Å². The molecule has 1 aliphatic rings. The summed E-state index contributed by atoms with van der Waals surface area (Å²) < 4.78 is 55.7. The van der Waals surface area contributed by atoms with E-state index in [1.807, 2.05) is 30.3 Å². The van der Waals surface area contributed by atoms with E-state index in [0.717, 1.165) is 9.87 Å². The lowest BCUT2D eigenvalue weighted by atomic mass is 10.1. The molecule has 1 N–H and O–H groups in total. The van der Waals surface area contributed by atoms with Gasteiger partial charge >= 0.3 is 0 Å². The van der Waals surface area contributed by atoms with Crippen LogP contribution in [0.5, 0.6) is 0 Å². The monoisotopic (exact) mass is 513 g/mol. The number of carbonyl (C=O) groups excluding carboxylic acids is 1. The maximum Gasteiger partial charge on any atom is 0.243 e. The van der Waals surface area contributed by atoms with Crippen molar-refractivity contribution in [2.75, 3.05) is 19.6 Å². The van der Waals surface area contributed by atoms with Crippen LogP contribution < -0.4 is 5.32 Å². The van der Waals surface area contributed by atoms with Crippen LogP contribution in [-0.4, -0.2) is 57.0 Å². The van der Waals surface area contributed by atoms with Gasteiger partial charge in [0.05, 0.1) is 15.8 Å². The van der Waals surface area contributed by atoms with E-state index >= 15 is 0 Å². The van der Waals surface area contributed by atoms with E-state index in [1.165, 1.54) is 28.6 Å². The zero-order valence-corrected chi connectivity index (χ0v) is 20.8. The molecule has 1 fully saturated rings. The molecular formula is C25H27N3O5S2. The van der Waals surface area contributed by atoms with E-state index in [-0.39, 0.29) is 29.4 Å². The van der Waals surface area contributed by atoms with Crippen LogP contribution in [0.15, 0.2) is 101 Å². The fourth-order valence-corrected chi connectivity index (χ4v) is 7.11. The lowest BCUT2D eigenvalue weighted by molar-refractivity contribution is -0.126. The number of sulfonamides is 2. The molecule has 3 aromatic rings. The Morgan fingerprint density at radius 1 is 0.771 bits per heavy atom. The second-order valence-electron chi connectivity index (χ2n) is 8.26. The fourth-order valence-electron chi connectivity index (χ4n) is 4.06. The molecule has 4 rings (SSSR count). The van der Waals surface area contributed by atoms with E-state index in [2.05, 4.69) is 5.32 Å². The Morgan fingerprint density at radius 2 is 1.26 bits per heavy atom. The van der Waals surface area contributed by atoms with Gasteiger partial charge in [-0.15, -0.1) is 0 Å². The summed E-state index contributed by atoms with van der Waals surface area (Å²) in [6.45, 7) is 1.28. The van der Waals surface area contributed by atoms with Crippen molar-refractivity contribution < 1.29 is 21.6 Å². The van der Waals surface area contributed by atoms with Crippen molar-refractivity contribution in [2.24, 2.45) is 0 Å². The second-order valence-corrected chi connectivity index (χ2v) is 12.1. The summed E-state index contributed by atoms with van der Waals surface area (Å²) in [6, 6.07) is 23.4. The standard InChI is InChI=1S/C25H27N3O5S2/c1-20(21-11-5-2-6-12-21)26-25(29)24-19-27(34(30,31)22-13-7-3-8-14-22)17-18-28(24)35(32,33)23-15-9-4-10-16-23/h2-16,20,24H,17-19H2,1H3,(H,26,29)/t20-,24+/m1/s1. The summed E-state index contributed by atoms with van der Waals surface area (Å²) in [6.07, 6.45) is 0. The first kappa shape index (κ1) is 25.1. The number of rotatable bonds is 7. The summed E-state index contributed by atoms with van der Waals surface area (Å²) in [5.41, 5.74) is 0.850. The molecule has 2 atom stereocenters. The van der Waals surface area contributed by atoms with Crippen molar-refractivity contribution in [2.45, 2.75) is 28.8 Å². The smallest absolute Gasteiger partial charge is 0.243 e. The third-order valence-electron chi connectivity index (χ3n) is 5.99. The highest BCUT2D eigenvalue weighted by Gasteiger charge is 2.43. The van der Waals surface area contributed by atoms with Gasteiger partial charge in [-0.1, -0.05) is 66.7 Å². The van der Waals surface area contributed by atoms with Crippen molar-refractivity contribution in [3.8, 4) is 0 Å². The quantitative estimate of drug-likeness (QED) is 0.523. The minimum atomic E-state index is -4.04. The van der Waals surface area contributed by atoms with Gasteiger partial charge in [0.15, 0.2) is 0 Å². The molecule has 0 unspecified atom stereocenters. The Morgan fingerprint density at radius 3 is 1.80 bits per heavy atom. The lowest BCUT2D eigenvalue weighted by Crippen LogP contribution is -2.61. The molecule has 0 aromatic heterocycles. The van der Waals surface area contributed by atoms with Crippen molar-refractivity contribution in [3.63, 3.8) is 0 Å². The molecule has 1 aliphatic heterocycles. The third kappa shape index (κ3) is 5.30. The van der Waals surface area contributed by atoms with Crippen LogP contribution in [0.25, 0.3) is 0 Å². The zero-order chi connectivity index (χ0) is 25.1. The van der Waals surface area contributed by atoms with E-state index in [1.54, 1.807) is 43.3 Å². The molecule has 1 amide bonds. The number of carbonyl (C=O) groups is 1. The minimum absolute atomic E-state index is 0.0493. The van der Waals surface area contributed by atoms with Crippen molar-refractivity contribution in [1.29, 1.82) is 0 Å². The van der Waals surface area contributed by atoms with Crippen molar-refractivity contribution in [1.82, 2.24) is 13.9 Å². The summed E-state index contributed by atoms with van der Waals surface area (Å²) in [7, 11) is -7.95. The molecule has 3 aromatic carbocycles. The van der Waals surface area contributed by atoms with Crippen LogP contribution in [0.1, 0.15) is 18.5 Å². The molecular weight excluding hydrogens is 486 g/mol. The van der Waals surface area contributed by atoms with Crippen molar-refractivity contribution in [3.05, 3.63) is 96.6 Å².